The van der Waals surface area contributed by atoms with E-state index in [-0.39, 0.29) is 5.97 Å². The molecule has 0 saturated heterocycles. The summed E-state index contributed by atoms with van der Waals surface area (Å²) in [6, 6.07) is 7.84. The fourth-order valence-electron chi connectivity index (χ4n) is 2.04. The molecule has 6 heteroatoms. The molecule has 0 N–H and O–H groups in total. The van der Waals surface area contributed by atoms with E-state index in [1.54, 1.807) is 11.6 Å². The van der Waals surface area contributed by atoms with Crippen LogP contribution in [0.3, 0.4) is 0 Å². The molecule has 0 saturated carbocycles. The second kappa shape index (κ2) is 5.81. The number of ether oxygens (including phenoxy) is 1. The lowest BCUT2D eigenvalue weighted by Gasteiger charge is -2.14. The Labute approximate surface area is 125 Å². The predicted octanol–water partition coefficient (Wildman–Crippen LogP) is 2.30. The van der Waals surface area contributed by atoms with Gasteiger partial charge in [-0.25, -0.2) is 9.48 Å². The molecule has 1 aromatic carbocycles. The van der Waals surface area contributed by atoms with E-state index in [4.69, 9.17) is 4.74 Å². The van der Waals surface area contributed by atoms with Crippen LogP contribution in [0.5, 0.6) is 0 Å². The Morgan fingerprint density at radius 1 is 1.24 bits per heavy atom. The van der Waals surface area contributed by atoms with Gasteiger partial charge in [0, 0.05) is 0 Å². The molecule has 0 aliphatic rings. The van der Waals surface area contributed by atoms with Crippen molar-refractivity contribution in [1.82, 2.24) is 15.0 Å². The summed E-state index contributed by atoms with van der Waals surface area (Å²) in [4.78, 5) is 12.3. The lowest BCUT2D eigenvalue weighted by atomic mass is 10.2. The summed E-state index contributed by atoms with van der Waals surface area (Å²) in [7, 11) is -1.79. The van der Waals surface area contributed by atoms with E-state index >= 15 is 0 Å². The van der Waals surface area contributed by atoms with Gasteiger partial charge in [0.1, 0.15) is 8.07 Å². The van der Waals surface area contributed by atoms with Gasteiger partial charge in [-0.15, -0.1) is 5.10 Å². The maximum Gasteiger partial charge on any atom is 0.358 e. The summed E-state index contributed by atoms with van der Waals surface area (Å²) < 4.78 is 6.78. The summed E-state index contributed by atoms with van der Waals surface area (Å²) in [5, 5.41) is 9.23. The Morgan fingerprint density at radius 3 is 2.38 bits per heavy atom. The smallest absolute Gasteiger partial charge is 0.358 e. The van der Waals surface area contributed by atoms with Gasteiger partial charge in [0.05, 0.1) is 17.6 Å². The van der Waals surface area contributed by atoms with Crippen LogP contribution in [0.25, 0.3) is 5.69 Å². The van der Waals surface area contributed by atoms with Crippen molar-refractivity contribution in [3.8, 4) is 5.69 Å². The van der Waals surface area contributed by atoms with Crippen LogP contribution in [-0.2, 0) is 4.74 Å². The average Bonchev–Trinajstić information content (AvgIpc) is 2.84. The van der Waals surface area contributed by atoms with E-state index in [9.17, 15) is 4.79 Å². The molecule has 0 aliphatic carbocycles. The normalized spacial score (nSPS) is 11.5. The molecular formula is C15H21N3O2Si. The molecule has 0 atom stereocenters. The fraction of sp³-hybridized carbons (Fsp3) is 0.400. The third-order valence-corrected chi connectivity index (χ3v) is 4.89. The molecular weight excluding hydrogens is 282 g/mol. The van der Waals surface area contributed by atoms with E-state index in [2.05, 4.69) is 30.0 Å². The molecule has 1 heterocycles. The Balaban J connectivity index is 2.58. The molecule has 5 nitrogen and oxygen atoms in total. The van der Waals surface area contributed by atoms with Crippen molar-refractivity contribution in [3.05, 3.63) is 35.5 Å². The quantitative estimate of drug-likeness (QED) is 0.642. The first-order valence-corrected chi connectivity index (χ1v) is 10.5. The number of carbonyl (C=O) groups is 1. The first-order valence-electron chi connectivity index (χ1n) is 7.05. The van der Waals surface area contributed by atoms with E-state index in [1.165, 1.54) is 0 Å². The molecule has 1 aromatic heterocycles. The average molecular weight is 303 g/mol. The van der Waals surface area contributed by atoms with Crippen molar-refractivity contribution in [1.29, 1.82) is 0 Å². The second-order valence-corrected chi connectivity index (χ2v) is 11.0. The van der Waals surface area contributed by atoms with Crippen LogP contribution in [0.2, 0.25) is 19.6 Å². The van der Waals surface area contributed by atoms with E-state index in [1.807, 2.05) is 31.2 Å². The van der Waals surface area contributed by atoms with Crippen LogP contribution < -0.4 is 5.32 Å². The van der Waals surface area contributed by atoms with Crippen LogP contribution in [0, 0.1) is 6.92 Å². The standard InChI is InChI=1S/C15H21N3O2Si/c1-6-20-15(19)13-14(21(3,4)5)16-17-18(13)12-9-7-11(2)8-10-12/h7-10H,6H2,1-5H3. The van der Waals surface area contributed by atoms with Crippen LogP contribution in [0.1, 0.15) is 23.0 Å². The molecule has 0 unspecified atom stereocenters. The van der Waals surface area contributed by atoms with E-state index in [0.29, 0.717) is 12.3 Å². The topological polar surface area (TPSA) is 57.0 Å². The van der Waals surface area contributed by atoms with Crippen LogP contribution in [-0.4, -0.2) is 35.6 Å². The van der Waals surface area contributed by atoms with Gasteiger partial charge >= 0.3 is 5.97 Å². The molecule has 2 aromatic rings. The third kappa shape index (κ3) is 3.21. The minimum absolute atomic E-state index is 0.336. The highest BCUT2D eigenvalue weighted by molar-refractivity contribution is 6.88. The number of hydrogen-bond donors (Lipinski definition) is 0. The number of carbonyl (C=O) groups excluding carboxylic acids is 1. The summed E-state index contributed by atoms with van der Waals surface area (Å²) in [6.07, 6.45) is 0. The minimum Gasteiger partial charge on any atom is -0.461 e. The van der Waals surface area contributed by atoms with Gasteiger partial charge in [0.15, 0.2) is 5.69 Å². The maximum atomic E-state index is 12.3. The Kier molecular flexibility index (Phi) is 4.27. The number of aryl methyl sites for hydroxylation is 1. The van der Waals surface area contributed by atoms with Gasteiger partial charge in [0.2, 0.25) is 0 Å². The maximum absolute atomic E-state index is 12.3. The lowest BCUT2D eigenvalue weighted by molar-refractivity contribution is 0.0517. The van der Waals surface area contributed by atoms with Crippen molar-refractivity contribution < 1.29 is 9.53 Å². The van der Waals surface area contributed by atoms with Crippen LogP contribution in [0.4, 0.5) is 0 Å². The molecule has 112 valence electrons. The van der Waals surface area contributed by atoms with Crippen molar-refractivity contribution in [3.63, 3.8) is 0 Å². The van der Waals surface area contributed by atoms with Gasteiger partial charge < -0.3 is 4.74 Å². The van der Waals surface area contributed by atoms with Gasteiger partial charge in [-0.2, -0.15) is 0 Å². The SMILES string of the molecule is CCOC(=O)c1c([Si](C)(C)C)nnn1-c1ccc(C)cc1. The first kappa shape index (κ1) is 15.4. The van der Waals surface area contributed by atoms with Crippen molar-refractivity contribution >= 4 is 19.4 Å². The number of aromatic nitrogens is 3. The van der Waals surface area contributed by atoms with Crippen molar-refractivity contribution in [2.75, 3.05) is 6.61 Å². The van der Waals surface area contributed by atoms with Gasteiger partial charge in [-0.05, 0) is 26.0 Å². The molecule has 2 rings (SSSR count). The number of esters is 1. The molecule has 0 amide bonds. The predicted molar refractivity (Wildman–Crippen MR) is 85.0 cm³/mol. The van der Waals surface area contributed by atoms with Crippen molar-refractivity contribution in [2.45, 2.75) is 33.5 Å². The highest BCUT2D eigenvalue weighted by Crippen LogP contribution is 2.13. The molecule has 0 fully saturated rings. The highest BCUT2D eigenvalue weighted by atomic mass is 28.3. The number of benzene rings is 1. The zero-order chi connectivity index (χ0) is 15.6. The van der Waals surface area contributed by atoms with E-state index < -0.39 is 8.07 Å². The van der Waals surface area contributed by atoms with Gasteiger partial charge in [0.25, 0.3) is 0 Å². The van der Waals surface area contributed by atoms with Gasteiger partial charge in [-0.1, -0.05) is 42.6 Å². The molecule has 21 heavy (non-hydrogen) atoms. The number of hydrogen-bond acceptors (Lipinski definition) is 4. The minimum atomic E-state index is -1.79. The third-order valence-electron chi connectivity index (χ3n) is 3.13. The Morgan fingerprint density at radius 2 is 1.86 bits per heavy atom. The largest absolute Gasteiger partial charge is 0.461 e. The summed E-state index contributed by atoms with van der Waals surface area (Å²) in [5.41, 5.74) is 2.43. The summed E-state index contributed by atoms with van der Waals surface area (Å²) in [5.74, 6) is -0.361. The monoisotopic (exact) mass is 303 g/mol. The van der Waals surface area contributed by atoms with Gasteiger partial charge in [-0.3, -0.25) is 0 Å². The number of nitrogens with zero attached hydrogens (tertiary/aromatic N) is 3. The molecule has 0 aliphatic heterocycles. The van der Waals surface area contributed by atoms with Crippen molar-refractivity contribution in [2.24, 2.45) is 0 Å². The Hall–Kier alpha value is -1.95. The first-order chi connectivity index (χ1) is 9.84. The number of rotatable bonds is 4. The lowest BCUT2D eigenvalue weighted by Crippen LogP contribution is -2.43. The van der Waals surface area contributed by atoms with Crippen LogP contribution >= 0.6 is 0 Å². The molecule has 0 radical (unpaired) electrons. The Bertz CT molecular complexity index is 642. The van der Waals surface area contributed by atoms with Crippen LogP contribution in [0.15, 0.2) is 24.3 Å². The summed E-state index contributed by atoms with van der Waals surface area (Å²) in [6.45, 7) is 10.6. The highest BCUT2D eigenvalue weighted by Gasteiger charge is 2.31. The fourth-order valence-corrected chi connectivity index (χ4v) is 3.30. The zero-order valence-corrected chi connectivity index (χ0v) is 14.2. The zero-order valence-electron chi connectivity index (χ0n) is 13.2. The molecule has 0 bridgehead atoms. The van der Waals surface area contributed by atoms with E-state index in [0.717, 1.165) is 16.6 Å². The second-order valence-electron chi connectivity index (χ2n) is 6.00. The molecule has 0 spiro atoms. The summed E-state index contributed by atoms with van der Waals surface area (Å²) >= 11 is 0.